The van der Waals surface area contributed by atoms with Gasteiger partial charge in [0.25, 0.3) is 0 Å². The van der Waals surface area contributed by atoms with Crippen molar-refractivity contribution in [3.63, 3.8) is 0 Å². The maximum absolute atomic E-state index is 12.7. The van der Waals surface area contributed by atoms with Crippen LogP contribution in [0.15, 0.2) is 96.1 Å². The van der Waals surface area contributed by atoms with Crippen molar-refractivity contribution in [2.75, 3.05) is 0 Å². The highest BCUT2D eigenvalue weighted by molar-refractivity contribution is 6.30. The van der Waals surface area contributed by atoms with Crippen LogP contribution in [0.3, 0.4) is 0 Å². The molecule has 0 bridgehead atoms. The molecule has 0 unspecified atom stereocenters. The lowest BCUT2D eigenvalue weighted by atomic mass is 10.1. The molecule has 0 saturated heterocycles. The van der Waals surface area contributed by atoms with E-state index in [1.807, 2.05) is 42.5 Å². The summed E-state index contributed by atoms with van der Waals surface area (Å²) in [5.74, 6) is 0. The Balaban J connectivity index is 1.69. The quantitative estimate of drug-likeness (QED) is 0.434. The summed E-state index contributed by atoms with van der Waals surface area (Å²) in [4.78, 5) is 12.7. The number of halogens is 1. The molecule has 0 amide bonds. The second kappa shape index (κ2) is 7.04. The molecular weight excluding hydrogens is 384 g/mol. The summed E-state index contributed by atoms with van der Waals surface area (Å²) < 4.78 is 3.42. The number of aromatic nitrogens is 4. The minimum absolute atomic E-state index is 0.169. The highest BCUT2D eigenvalue weighted by Crippen LogP contribution is 2.25. The lowest BCUT2D eigenvalue weighted by Crippen LogP contribution is -2.14. The Labute approximate surface area is 171 Å². The van der Waals surface area contributed by atoms with E-state index < -0.39 is 0 Å². The minimum Gasteiger partial charge on any atom is -0.287 e. The number of hydrogen-bond acceptors (Lipinski definition) is 3. The molecule has 29 heavy (non-hydrogen) atoms. The summed E-state index contributed by atoms with van der Waals surface area (Å²) in [7, 11) is 0. The molecule has 2 aromatic heterocycles. The average Bonchev–Trinajstić information content (AvgIpc) is 3.24. The van der Waals surface area contributed by atoms with Gasteiger partial charge in [0, 0.05) is 22.7 Å². The number of hydrogen-bond donors (Lipinski definition) is 0. The van der Waals surface area contributed by atoms with Gasteiger partial charge in [-0.25, -0.2) is 9.36 Å². The largest absolute Gasteiger partial charge is 0.287 e. The van der Waals surface area contributed by atoms with Gasteiger partial charge in [-0.2, -0.15) is 10.2 Å². The maximum Gasteiger partial charge on any atom is 0.209 e. The zero-order chi connectivity index (χ0) is 19.8. The molecule has 5 rings (SSSR count). The summed E-state index contributed by atoms with van der Waals surface area (Å²) in [6.07, 6.45) is 3.32. The lowest BCUT2D eigenvalue weighted by Gasteiger charge is -2.11. The van der Waals surface area contributed by atoms with E-state index in [1.54, 1.807) is 40.0 Å². The maximum atomic E-state index is 12.7. The van der Waals surface area contributed by atoms with Crippen LogP contribution in [-0.4, -0.2) is 19.6 Å². The van der Waals surface area contributed by atoms with Crippen LogP contribution in [0.25, 0.3) is 33.5 Å². The van der Waals surface area contributed by atoms with Crippen molar-refractivity contribution in [2.45, 2.75) is 0 Å². The summed E-state index contributed by atoms with van der Waals surface area (Å²) in [6.45, 7) is 0. The van der Waals surface area contributed by atoms with Crippen molar-refractivity contribution in [2.24, 2.45) is 0 Å². The molecule has 6 heteroatoms. The van der Waals surface area contributed by atoms with Gasteiger partial charge < -0.3 is 0 Å². The fourth-order valence-electron chi connectivity index (χ4n) is 3.39. The Morgan fingerprint density at radius 2 is 1.62 bits per heavy atom. The second-order valence-corrected chi connectivity index (χ2v) is 7.01. The van der Waals surface area contributed by atoms with Gasteiger partial charge in [0.15, 0.2) is 5.69 Å². The van der Waals surface area contributed by atoms with Gasteiger partial charge in [-0.15, -0.1) is 0 Å². The van der Waals surface area contributed by atoms with Gasteiger partial charge in [-0.1, -0.05) is 48.0 Å². The van der Waals surface area contributed by atoms with Gasteiger partial charge in [-0.05, 0) is 41.8 Å². The molecule has 0 radical (unpaired) electrons. The summed E-state index contributed by atoms with van der Waals surface area (Å²) in [5.41, 5.74) is 2.50. The number of fused-ring (bicyclic) bond motifs is 1. The van der Waals surface area contributed by atoms with Crippen LogP contribution in [-0.2, 0) is 0 Å². The Morgan fingerprint density at radius 1 is 0.828 bits per heavy atom. The smallest absolute Gasteiger partial charge is 0.209 e. The molecule has 0 aliphatic heterocycles. The molecule has 0 spiro atoms. The zero-order valence-electron chi connectivity index (χ0n) is 15.2. The van der Waals surface area contributed by atoms with Crippen molar-refractivity contribution >= 4 is 22.4 Å². The van der Waals surface area contributed by atoms with Crippen LogP contribution in [0.1, 0.15) is 0 Å². The topological polar surface area (TPSA) is 52.7 Å². The van der Waals surface area contributed by atoms with E-state index in [-0.39, 0.29) is 5.43 Å². The monoisotopic (exact) mass is 398 g/mol. The van der Waals surface area contributed by atoms with Crippen LogP contribution in [0.2, 0.25) is 5.02 Å². The molecule has 0 saturated carbocycles. The van der Waals surface area contributed by atoms with Crippen molar-refractivity contribution in [3.05, 3.63) is 107 Å². The number of nitrogens with zero attached hydrogens (tertiary/aromatic N) is 4. The first kappa shape index (κ1) is 17.4. The molecular formula is C23H15ClN4O. The molecule has 0 aliphatic carbocycles. The van der Waals surface area contributed by atoms with Crippen molar-refractivity contribution in [1.82, 2.24) is 19.6 Å². The molecule has 5 nitrogen and oxygen atoms in total. The second-order valence-electron chi connectivity index (χ2n) is 6.58. The van der Waals surface area contributed by atoms with E-state index in [4.69, 9.17) is 11.6 Å². The SMILES string of the molecule is O=c1ccn(-c2ccc(Cl)cc2)nc1-c1ccnn1-c1cccc2ccccc12. The van der Waals surface area contributed by atoms with E-state index in [2.05, 4.69) is 22.3 Å². The fourth-order valence-corrected chi connectivity index (χ4v) is 3.52. The van der Waals surface area contributed by atoms with Crippen LogP contribution >= 0.6 is 11.6 Å². The van der Waals surface area contributed by atoms with Crippen molar-refractivity contribution in [3.8, 4) is 22.8 Å². The van der Waals surface area contributed by atoms with Gasteiger partial charge in [0.05, 0.1) is 23.3 Å². The first-order valence-corrected chi connectivity index (χ1v) is 9.47. The van der Waals surface area contributed by atoms with Gasteiger partial charge in [0.2, 0.25) is 5.43 Å². The number of rotatable bonds is 3. The first-order valence-electron chi connectivity index (χ1n) is 9.09. The lowest BCUT2D eigenvalue weighted by molar-refractivity contribution is 0.824. The molecule has 3 aromatic carbocycles. The Bertz CT molecular complexity index is 1380. The van der Waals surface area contributed by atoms with Crippen molar-refractivity contribution in [1.29, 1.82) is 0 Å². The zero-order valence-corrected chi connectivity index (χ0v) is 16.0. The summed E-state index contributed by atoms with van der Waals surface area (Å²) in [5, 5.41) is 11.9. The third-order valence-corrected chi connectivity index (χ3v) is 5.03. The van der Waals surface area contributed by atoms with Crippen LogP contribution in [0, 0.1) is 0 Å². The highest BCUT2D eigenvalue weighted by Gasteiger charge is 2.15. The average molecular weight is 399 g/mol. The molecule has 2 heterocycles. The van der Waals surface area contributed by atoms with E-state index in [1.165, 1.54) is 6.07 Å². The molecule has 0 aliphatic rings. The molecule has 0 fully saturated rings. The van der Waals surface area contributed by atoms with Gasteiger partial charge in [-0.3, -0.25) is 4.79 Å². The van der Waals surface area contributed by atoms with E-state index in [9.17, 15) is 4.79 Å². The third-order valence-electron chi connectivity index (χ3n) is 4.78. The van der Waals surface area contributed by atoms with E-state index in [0.29, 0.717) is 16.4 Å². The Kier molecular flexibility index (Phi) is 4.22. The predicted molar refractivity (Wildman–Crippen MR) is 115 cm³/mol. The summed E-state index contributed by atoms with van der Waals surface area (Å²) in [6, 6.07) is 24.7. The molecule has 0 N–H and O–H groups in total. The van der Waals surface area contributed by atoms with E-state index in [0.717, 1.165) is 22.1 Å². The standard InChI is InChI=1S/C23H15ClN4O/c24-17-8-10-18(11-9-17)27-15-13-22(29)23(26-27)21-12-14-25-28(21)20-7-3-5-16-4-1-2-6-19(16)20/h1-15H. The summed E-state index contributed by atoms with van der Waals surface area (Å²) >= 11 is 5.98. The normalized spacial score (nSPS) is 11.1. The van der Waals surface area contributed by atoms with Gasteiger partial charge in [0.1, 0.15) is 0 Å². The van der Waals surface area contributed by atoms with E-state index >= 15 is 0 Å². The number of benzene rings is 3. The highest BCUT2D eigenvalue weighted by atomic mass is 35.5. The minimum atomic E-state index is -0.169. The molecule has 0 atom stereocenters. The fraction of sp³-hybridized carbons (Fsp3) is 0. The first-order chi connectivity index (χ1) is 14.2. The van der Waals surface area contributed by atoms with Crippen LogP contribution < -0.4 is 5.43 Å². The van der Waals surface area contributed by atoms with Crippen LogP contribution in [0.5, 0.6) is 0 Å². The third kappa shape index (κ3) is 3.11. The predicted octanol–water partition coefficient (Wildman–Crippen LogP) is 4.89. The van der Waals surface area contributed by atoms with Crippen molar-refractivity contribution < 1.29 is 0 Å². The van der Waals surface area contributed by atoms with Crippen LogP contribution in [0.4, 0.5) is 0 Å². The molecule has 140 valence electrons. The molecule has 5 aromatic rings. The Hall–Kier alpha value is -3.70. The van der Waals surface area contributed by atoms with Gasteiger partial charge >= 0.3 is 0 Å². The Morgan fingerprint density at radius 3 is 2.48 bits per heavy atom.